The maximum Gasteiger partial charge on any atom is 0.208 e. The van der Waals surface area contributed by atoms with Gasteiger partial charge in [0.15, 0.2) is 0 Å². The molecule has 0 radical (unpaired) electrons. The fourth-order valence-corrected chi connectivity index (χ4v) is 4.85. The lowest BCUT2D eigenvalue weighted by molar-refractivity contribution is -0.181. The molecule has 4 heteroatoms. The second kappa shape index (κ2) is 9.33. The molecule has 2 fully saturated rings. The molecule has 31 heavy (non-hydrogen) atoms. The van der Waals surface area contributed by atoms with Gasteiger partial charge < -0.3 is 9.47 Å². The Balaban J connectivity index is 1.31. The third kappa shape index (κ3) is 4.43. The first-order chi connectivity index (χ1) is 15.3. The number of hydrogen-bond donors (Lipinski definition) is 0. The molecule has 2 heterocycles. The van der Waals surface area contributed by atoms with Gasteiger partial charge in [0, 0.05) is 31.7 Å². The highest BCUT2D eigenvalue weighted by Crippen LogP contribution is 2.34. The minimum atomic E-state index is -0.637. The van der Waals surface area contributed by atoms with Gasteiger partial charge in [-0.1, -0.05) is 91.0 Å². The van der Waals surface area contributed by atoms with Gasteiger partial charge in [-0.25, -0.2) is 0 Å². The molecule has 0 saturated carbocycles. The van der Waals surface area contributed by atoms with Gasteiger partial charge in [0.1, 0.15) is 0 Å². The average molecular weight is 415 g/mol. The number of nitrogens with zero attached hydrogens (tertiary/aromatic N) is 2. The average Bonchev–Trinajstić information content (AvgIpc) is 3.32. The summed E-state index contributed by atoms with van der Waals surface area (Å²) in [5, 5.41) is 0. The number of hydrogen-bond acceptors (Lipinski definition) is 4. The molecule has 0 atom stereocenters. The maximum absolute atomic E-state index is 6.16. The molecule has 3 aromatic rings. The summed E-state index contributed by atoms with van der Waals surface area (Å²) in [6.45, 7) is 6.09. The Morgan fingerprint density at radius 3 is 1.65 bits per heavy atom. The van der Waals surface area contributed by atoms with Crippen molar-refractivity contribution in [2.75, 3.05) is 45.9 Å². The van der Waals surface area contributed by atoms with Crippen molar-refractivity contribution in [1.29, 1.82) is 0 Å². The molecule has 160 valence electrons. The van der Waals surface area contributed by atoms with Gasteiger partial charge in [-0.15, -0.1) is 0 Å². The van der Waals surface area contributed by atoms with Crippen molar-refractivity contribution in [3.8, 4) is 0 Å². The summed E-state index contributed by atoms with van der Waals surface area (Å²) < 4.78 is 12.3. The Bertz CT molecular complexity index is 895. The Labute approximate surface area is 185 Å². The summed E-state index contributed by atoms with van der Waals surface area (Å²) in [4.78, 5) is 5.09. The van der Waals surface area contributed by atoms with E-state index in [9.17, 15) is 0 Å². The van der Waals surface area contributed by atoms with Gasteiger partial charge >= 0.3 is 0 Å². The first-order valence-electron chi connectivity index (χ1n) is 11.2. The van der Waals surface area contributed by atoms with E-state index in [1.54, 1.807) is 0 Å². The van der Waals surface area contributed by atoms with Crippen molar-refractivity contribution in [2.45, 2.75) is 11.8 Å². The van der Waals surface area contributed by atoms with E-state index in [1.165, 1.54) is 11.1 Å². The minimum absolute atomic E-state index is 0.284. The van der Waals surface area contributed by atoms with Gasteiger partial charge in [0.2, 0.25) is 5.79 Å². The van der Waals surface area contributed by atoms with Crippen LogP contribution in [0.5, 0.6) is 0 Å². The summed E-state index contributed by atoms with van der Waals surface area (Å²) in [7, 11) is 0. The second-order valence-corrected chi connectivity index (χ2v) is 8.35. The molecular weight excluding hydrogens is 384 g/mol. The van der Waals surface area contributed by atoms with Crippen LogP contribution in [0.1, 0.15) is 22.7 Å². The first-order valence-corrected chi connectivity index (χ1v) is 11.2. The fraction of sp³-hybridized carbons (Fsp3) is 0.333. The van der Waals surface area contributed by atoms with Crippen LogP contribution in [-0.4, -0.2) is 55.7 Å². The Morgan fingerprint density at radius 1 is 0.645 bits per heavy atom. The summed E-state index contributed by atoms with van der Waals surface area (Å²) in [5.41, 5.74) is 3.82. The highest BCUT2D eigenvalue weighted by molar-refractivity contribution is 5.32. The summed E-state index contributed by atoms with van der Waals surface area (Å²) in [5.74, 6) is -0.637. The predicted octanol–water partition coefficient (Wildman–Crippen LogP) is 4.29. The molecule has 0 spiro atoms. The molecule has 2 aliphatic rings. The van der Waals surface area contributed by atoms with E-state index in [2.05, 4.69) is 94.7 Å². The molecule has 0 N–H and O–H groups in total. The van der Waals surface area contributed by atoms with Crippen LogP contribution >= 0.6 is 0 Å². The zero-order valence-corrected chi connectivity index (χ0v) is 17.9. The molecular formula is C27H30N2O2. The van der Waals surface area contributed by atoms with E-state index in [0.29, 0.717) is 13.2 Å². The summed E-state index contributed by atoms with van der Waals surface area (Å²) >= 11 is 0. The lowest BCUT2D eigenvalue weighted by Crippen LogP contribution is -2.52. The topological polar surface area (TPSA) is 24.9 Å². The van der Waals surface area contributed by atoms with E-state index in [0.717, 1.165) is 38.3 Å². The zero-order chi connectivity index (χ0) is 20.9. The van der Waals surface area contributed by atoms with E-state index in [4.69, 9.17) is 9.47 Å². The number of ether oxygens (including phenoxy) is 2. The maximum atomic E-state index is 6.16. The smallest absolute Gasteiger partial charge is 0.208 e. The molecule has 2 saturated heterocycles. The zero-order valence-electron chi connectivity index (χ0n) is 17.9. The molecule has 2 aliphatic heterocycles. The molecule has 3 aromatic carbocycles. The van der Waals surface area contributed by atoms with Crippen LogP contribution < -0.4 is 0 Å². The summed E-state index contributed by atoms with van der Waals surface area (Å²) in [6, 6.07) is 32.4. The van der Waals surface area contributed by atoms with Crippen LogP contribution in [-0.2, 0) is 15.3 Å². The van der Waals surface area contributed by atoms with Crippen molar-refractivity contribution in [2.24, 2.45) is 0 Å². The number of benzene rings is 3. The van der Waals surface area contributed by atoms with E-state index in [1.807, 2.05) is 6.07 Å². The number of rotatable bonds is 6. The molecule has 0 aliphatic carbocycles. The van der Waals surface area contributed by atoms with Crippen LogP contribution in [0.25, 0.3) is 0 Å². The van der Waals surface area contributed by atoms with Crippen molar-refractivity contribution in [1.82, 2.24) is 9.80 Å². The van der Waals surface area contributed by atoms with Crippen LogP contribution in [0, 0.1) is 0 Å². The fourth-order valence-electron chi connectivity index (χ4n) is 4.85. The lowest BCUT2D eigenvalue weighted by Gasteiger charge is -2.42. The lowest BCUT2D eigenvalue weighted by atomic mass is 9.96. The van der Waals surface area contributed by atoms with Gasteiger partial charge in [-0.3, -0.25) is 9.80 Å². The van der Waals surface area contributed by atoms with Crippen LogP contribution in [0.4, 0.5) is 0 Å². The first kappa shape index (κ1) is 20.4. The predicted molar refractivity (Wildman–Crippen MR) is 123 cm³/mol. The monoisotopic (exact) mass is 414 g/mol. The Kier molecular flexibility index (Phi) is 6.14. The van der Waals surface area contributed by atoms with E-state index in [-0.39, 0.29) is 6.04 Å². The van der Waals surface area contributed by atoms with Crippen molar-refractivity contribution in [3.05, 3.63) is 108 Å². The molecule has 0 aromatic heterocycles. The van der Waals surface area contributed by atoms with E-state index < -0.39 is 5.79 Å². The largest absolute Gasteiger partial charge is 0.342 e. The summed E-state index contributed by atoms with van der Waals surface area (Å²) in [6.07, 6.45) is 0. The Morgan fingerprint density at radius 2 is 1.13 bits per heavy atom. The van der Waals surface area contributed by atoms with Crippen molar-refractivity contribution < 1.29 is 9.47 Å². The van der Waals surface area contributed by atoms with Gasteiger partial charge in [0.25, 0.3) is 0 Å². The standard InChI is InChI=1S/C27H30N2O2/c1-4-10-23(11-5-1)26(24-12-6-2-7-13-24)29-18-16-28(17-19-29)22-27(30-20-21-31-27)25-14-8-3-9-15-25/h1-15,26H,16-22H2. The molecule has 0 amide bonds. The van der Waals surface area contributed by atoms with Gasteiger partial charge in [-0.2, -0.15) is 0 Å². The van der Waals surface area contributed by atoms with Gasteiger partial charge in [0.05, 0.1) is 25.8 Å². The van der Waals surface area contributed by atoms with Crippen LogP contribution in [0.2, 0.25) is 0 Å². The number of piperazine rings is 1. The molecule has 0 bridgehead atoms. The molecule has 0 unspecified atom stereocenters. The molecule has 5 rings (SSSR count). The second-order valence-electron chi connectivity index (χ2n) is 8.35. The SMILES string of the molecule is c1ccc(C(c2ccccc2)N2CCN(CC3(c4ccccc4)OCCO3)CC2)cc1. The normalized spacial score (nSPS) is 19.6. The Hall–Kier alpha value is -2.50. The minimum Gasteiger partial charge on any atom is -0.342 e. The highest BCUT2D eigenvalue weighted by Gasteiger charge is 2.41. The van der Waals surface area contributed by atoms with Crippen LogP contribution in [0.3, 0.4) is 0 Å². The third-order valence-electron chi connectivity index (χ3n) is 6.40. The van der Waals surface area contributed by atoms with Crippen molar-refractivity contribution >= 4 is 0 Å². The van der Waals surface area contributed by atoms with Crippen LogP contribution in [0.15, 0.2) is 91.0 Å². The highest BCUT2D eigenvalue weighted by atomic mass is 16.7. The van der Waals surface area contributed by atoms with E-state index >= 15 is 0 Å². The van der Waals surface area contributed by atoms with Gasteiger partial charge in [-0.05, 0) is 11.1 Å². The quantitative estimate of drug-likeness (QED) is 0.601. The third-order valence-corrected chi connectivity index (χ3v) is 6.40. The molecule has 4 nitrogen and oxygen atoms in total. The van der Waals surface area contributed by atoms with Crippen molar-refractivity contribution in [3.63, 3.8) is 0 Å².